The van der Waals surface area contributed by atoms with E-state index >= 15 is 0 Å². The Labute approximate surface area is 221 Å². The van der Waals surface area contributed by atoms with Gasteiger partial charge in [-0.25, -0.2) is 12.8 Å². The van der Waals surface area contributed by atoms with Crippen molar-refractivity contribution in [2.24, 2.45) is 0 Å². The highest BCUT2D eigenvalue weighted by molar-refractivity contribution is 7.90. The lowest BCUT2D eigenvalue weighted by Gasteiger charge is -2.33. The summed E-state index contributed by atoms with van der Waals surface area (Å²) in [7, 11) is -3.75. The van der Waals surface area contributed by atoms with E-state index in [9.17, 15) is 22.4 Å². The molecule has 2 aliphatic rings. The first-order chi connectivity index (χ1) is 17.6. The van der Waals surface area contributed by atoms with Crippen molar-refractivity contribution < 1.29 is 22.4 Å². The largest absolute Gasteiger partial charge is 0.371 e. The summed E-state index contributed by atoms with van der Waals surface area (Å²) < 4.78 is 38.7. The molecule has 2 amide bonds. The van der Waals surface area contributed by atoms with Gasteiger partial charge in [0, 0.05) is 29.7 Å². The minimum Gasteiger partial charge on any atom is -0.371 e. The van der Waals surface area contributed by atoms with Crippen LogP contribution in [0.15, 0.2) is 36.4 Å². The van der Waals surface area contributed by atoms with Crippen molar-refractivity contribution in [2.45, 2.75) is 50.4 Å². The van der Waals surface area contributed by atoms with Gasteiger partial charge in [0.25, 0.3) is 5.91 Å². The van der Waals surface area contributed by atoms with Gasteiger partial charge in [-0.1, -0.05) is 24.1 Å². The monoisotopic (exact) mass is 550 g/mol. The van der Waals surface area contributed by atoms with Crippen LogP contribution in [-0.4, -0.2) is 62.6 Å². The quantitative estimate of drug-likeness (QED) is 0.410. The number of rotatable bonds is 9. The number of nitrogens with one attached hydrogen (secondary N) is 3. The Kier molecular flexibility index (Phi) is 8.71. The Morgan fingerprint density at radius 1 is 1.19 bits per heavy atom. The number of sulfone groups is 1. The van der Waals surface area contributed by atoms with Crippen LogP contribution in [0.3, 0.4) is 0 Å². The molecule has 2 heterocycles. The molecule has 2 aliphatic heterocycles. The number of fused-ring (bicyclic) bond motifs is 1. The van der Waals surface area contributed by atoms with Crippen LogP contribution in [0.2, 0.25) is 5.02 Å². The molecule has 0 unspecified atom stereocenters. The van der Waals surface area contributed by atoms with Crippen molar-refractivity contribution >= 4 is 44.6 Å². The molecule has 2 aromatic carbocycles. The van der Waals surface area contributed by atoms with E-state index in [1.54, 1.807) is 18.2 Å². The molecule has 3 N–H and O–H groups in total. The van der Waals surface area contributed by atoms with Gasteiger partial charge in [-0.05, 0) is 68.6 Å². The number of nitrogens with zero attached hydrogens (tertiary/aromatic N) is 1. The molecule has 37 heavy (non-hydrogen) atoms. The standard InChI is InChI=1S/C26H32ClFN4O4S/c1-17-5-2-3-11-32(17)12-4-10-29-25(33)18-7-9-22-23(13-18)31-26(34)24(30-22)16-37(35,36)15-19-6-8-20(28)14-21(19)27/h6-9,13-14,17,24,30H,2-5,10-12,15-16H2,1H3,(H,29,33)(H,31,34)/t17-,24-/m0/s1. The molecule has 0 aliphatic carbocycles. The van der Waals surface area contributed by atoms with Crippen LogP contribution in [0, 0.1) is 5.82 Å². The van der Waals surface area contributed by atoms with E-state index in [1.807, 2.05) is 0 Å². The topological polar surface area (TPSA) is 108 Å². The zero-order valence-corrected chi connectivity index (χ0v) is 22.3. The summed E-state index contributed by atoms with van der Waals surface area (Å²) in [5.41, 5.74) is 1.61. The van der Waals surface area contributed by atoms with E-state index in [0.717, 1.165) is 31.6 Å². The number of likely N-dealkylation sites (tertiary alicyclic amines) is 1. The zero-order valence-electron chi connectivity index (χ0n) is 20.7. The number of carbonyl (C=O) groups excluding carboxylic acids is 2. The lowest BCUT2D eigenvalue weighted by Crippen LogP contribution is -2.43. The summed E-state index contributed by atoms with van der Waals surface area (Å²) in [4.78, 5) is 27.7. The van der Waals surface area contributed by atoms with Gasteiger partial charge in [-0.3, -0.25) is 9.59 Å². The number of anilines is 2. The lowest BCUT2D eigenvalue weighted by molar-refractivity contribution is -0.116. The molecule has 0 bridgehead atoms. The Morgan fingerprint density at radius 3 is 2.76 bits per heavy atom. The molecule has 1 fully saturated rings. The van der Waals surface area contributed by atoms with Crippen LogP contribution in [0.1, 0.15) is 48.5 Å². The van der Waals surface area contributed by atoms with E-state index < -0.39 is 39.1 Å². The van der Waals surface area contributed by atoms with Crippen LogP contribution < -0.4 is 16.0 Å². The first-order valence-corrected chi connectivity index (χ1v) is 14.7. The maximum atomic E-state index is 13.3. The molecule has 0 saturated carbocycles. The molecule has 200 valence electrons. The van der Waals surface area contributed by atoms with Crippen LogP contribution in [-0.2, 0) is 20.4 Å². The zero-order chi connectivity index (χ0) is 26.6. The second-order valence-electron chi connectivity index (χ2n) is 9.73. The van der Waals surface area contributed by atoms with Gasteiger partial charge in [0.15, 0.2) is 9.84 Å². The molecule has 2 atom stereocenters. The highest BCUT2D eigenvalue weighted by Gasteiger charge is 2.31. The predicted octanol–water partition coefficient (Wildman–Crippen LogP) is 3.82. The molecule has 11 heteroatoms. The Hall–Kier alpha value is -2.69. The second kappa shape index (κ2) is 11.8. The van der Waals surface area contributed by atoms with E-state index in [2.05, 4.69) is 27.8 Å². The van der Waals surface area contributed by atoms with Crippen LogP contribution in [0.5, 0.6) is 0 Å². The average molecular weight is 551 g/mol. The maximum Gasteiger partial charge on any atom is 0.251 e. The van der Waals surface area contributed by atoms with Crippen molar-refractivity contribution in [1.82, 2.24) is 10.2 Å². The number of benzene rings is 2. The minimum absolute atomic E-state index is 0.0156. The van der Waals surface area contributed by atoms with Crippen molar-refractivity contribution in [3.05, 3.63) is 58.4 Å². The third-order valence-corrected chi connectivity index (χ3v) is 8.79. The third kappa shape index (κ3) is 7.21. The highest BCUT2D eigenvalue weighted by atomic mass is 35.5. The number of halogens is 2. The van der Waals surface area contributed by atoms with Gasteiger partial charge in [-0.15, -0.1) is 0 Å². The van der Waals surface area contributed by atoms with E-state index in [4.69, 9.17) is 11.6 Å². The first-order valence-electron chi connectivity index (χ1n) is 12.5. The van der Waals surface area contributed by atoms with E-state index in [1.165, 1.54) is 25.3 Å². The molecule has 0 radical (unpaired) electrons. The molecular weight excluding hydrogens is 519 g/mol. The fourth-order valence-electron chi connectivity index (χ4n) is 4.77. The Morgan fingerprint density at radius 2 is 2.00 bits per heavy atom. The molecule has 8 nitrogen and oxygen atoms in total. The number of piperidine rings is 1. The Balaban J connectivity index is 1.31. The summed E-state index contributed by atoms with van der Waals surface area (Å²) in [5.74, 6) is -2.19. The Bertz CT molecular complexity index is 1270. The summed E-state index contributed by atoms with van der Waals surface area (Å²) in [5, 5.41) is 8.59. The molecule has 4 rings (SSSR count). The number of amides is 2. The lowest BCUT2D eigenvalue weighted by atomic mass is 10.0. The predicted molar refractivity (Wildman–Crippen MR) is 143 cm³/mol. The van der Waals surface area contributed by atoms with Crippen molar-refractivity contribution in [3.63, 3.8) is 0 Å². The van der Waals surface area contributed by atoms with Crippen LogP contribution in [0.25, 0.3) is 0 Å². The van der Waals surface area contributed by atoms with Gasteiger partial charge in [0.1, 0.15) is 11.9 Å². The van der Waals surface area contributed by atoms with Gasteiger partial charge in [0.2, 0.25) is 5.91 Å². The molecular formula is C26H32ClFN4O4S. The van der Waals surface area contributed by atoms with Crippen molar-refractivity contribution in [1.29, 1.82) is 0 Å². The average Bonchev–Trinajstić information content (AvgIpc) is 2.84. The van der Waals surface area contributed by atoms with Gasteiger partial charge >= 0.3 is 0 Å². The van der Waals surface area contributed by atoms with Crippen molar-refractivity contribution in [2.75, 3.05) is 36.0 Å². The number of hydrogen-bond donors (Lipinski definition) is 3. The second-order valence-corrected chi connectivity index (χ2v) is 12.2. The van der Waals surface area contributed by atoms with Crippen LogP contribution in [0.4, 0.5) is 15.8 Å². The van der Waals surface area contributed by atoms with Gasteiger partial charge < -0.3 is 20.9 Å². The van der Waals surface area contributed by atoms with Gasteiger partial charge in [0.05, 0.1) is 22.9 Å². The first kappa shape index (κ1) is 27.3. The highest BCUT2D eigenvalue weighted by Crippen LogP contribution is 2.29. The molecule has 2 aromatic rings. The normalized spacial score (nSPS) is 20.0. The van der Waals surface area contributed by atoms with E-state index in [-0.39, 0.29) is 16.5 Å². The molecule has 1 saturated heterocycles. The fourth-order valence-corrected chi connectivity index (χ4v) is 6.67. The summed E-state index contributed by atoms with van der Waals surface area (Å²) >= 11 is 5.96. The summed E-state index contributed by atoms with van der Waals surface area (Å²) in [6.45, 7) is 4.86. The summed E-state index contributed by atoms with van der Waals surface area (Å²) in [6.07, 6.45) is 4.58. The SMILES string of the molecule is C[C@H]1CCCCN1CCCNC(=O)c1ccc2c(c1)NC(=O)[C@H](CS(=O)(=O)Cc1ccc(F)cc1Cl)N2. The fraction of sp³-hybridized carbons (Fsp3) is 0.462. The third-order valence-electron chi connectivity index (χ3n) is 6.85. The van der Waals surface area contributed by atoms with Crippen LogP contribution >= 0.6 is 11.6 Å². The van der Waals surface area contributed by atoms with E-state index in [0.29, 0.717) is 29.5 Å². The number of carbonyl (C=O) groups is 2. The minimum atomic E-state index is -3.75. The summed E-state index contributed by atoms with van der Waals surface area (Å²) in [6, 6.07) is 7.93. The smallest absolute Gasteiger partial charge is 0.251 e. The van der Waals surface area contributed by atoms with Gasteiger partial charge in [-0.2, -0.15) is 0 Å². The number of hydrogen-bond acceptors (Lipinski definition) is 6. The maximum absolute atomic E-state index is 13.3. The molecule has 0 aromatic heterocycles. The van der Waals surface area contributed by atoms with Crippen molar-refractivity contribution in [3.8, 4) is 0 Å². The molecule has 0 spiro atoms.